The second-order valence-corrected chi connectivity index (χ2v) is 3.57. The van der Waals surface area contributed by atoms with Crippen molar-refractivity contribution in [1.29, 1.82) is 0 Å². The average Bonchev–Trinajstić information content (AvgIpc) is 2.50. The van der Waals surface area contributed by atoms with Gasteiger partial charge in [-0.25, -0.2) is 0 Å². The van der Waals surface area contributed by atoms with Gasteiger partial charge < -0.3 is 4.57 Å². The fourth-order valence-electron chi connectivity index (χ4n) is 1.26. The minimum Gasteiger partial charge on any atom is -0.314 e. The van der Waals surface area contributed by atoms with Gasteiger partial charge in [0.05, 0.1) is 0 Å². The molecule has 0 saturated carbocycles. The van der Waals surface area contributed by atoms with Crippen LogP contribution in [0.4, 0.5) is 0 Å². The maximum atomic E-state index is 5.80. The highest BCUT2D eigenvalue weighted by Gasteiger charge is 2.06. The number of rotatable bonds is 1. The van der Waals surface area contributed by atoms with Crippen molar-refractivity contribution >= 4 is 11.6 Å². The number of hydrogen-bond acceptors (Lipinski definition) is 2. The van der Waals surface area contributed by atoms with Gasteiger partial charge in [0.2, 0.25) is 0 Å². The minimum atomic E-state index is 0.729. The Kier molecular flexibility index (Phi) is 2.25. The molecule has 0 aliphatic heterocycles. The van der Waals surface area contributed by atoms with Crippen molar-refractivity contribution in [1.82, 2.24) is 14.8 Å². The van der Waals surface area contributed by atoms with Crippen LogP contribution in [0.5, 0.6) is 0 Å². The van der Waals surface area contributed by atoms with Gasteiger partial charge in [0.25, 0.3) is 0 Å². The van der Waals surface area contributed by atoms with E-state index in [9.17, 15) is 0 Å². The maximum Gasteiger partial charge on any atom is 0.163 e. The summed E-state index contributed by atoms with van der Waals surface area (Å²) in [5.41, 5.74) is 1.03. The molecule has 0 aliphatic rings. The van der Waals surface area contributed by atoms with Crippen LogP contribution >= 0.6 is 11.6 Å². The van der Waals surface area contributed by atoms with Crippen molar-refractivity contribution in [3.05, 3.63) is 35.1 Å². The minimum absolute atomic E-state index is 0.729. The molecule has 0 spiro atoms. The molecule has 2 rings (SSSR count). The van der Waals surface area contributed by atoms with Crippen LogP contribution in [0.25, 0.3) is 11.4 Å². The van der Waals surface area contributed by atoms with E-state index < -0.39 is 0 Å². The zero-order valence-corrected chi connectivity index (χ0v) is 8.78. The number of hydrogen-bond donors (Lipinski definition) is 0. The molecule has 0 bridgehead atoms. The van der Waals surface area contributed by atoms with E-state index in [2.05, 4.69) is 10.2 Å². The van der Waals surface area contributed by atoms with Crippen LogP contribution in [0.1, 0.15) is 5.82 Å². The summed E-state index contributed by atoms with van der Waals surface area (Å²) in [5.74, 6) is 1.76. The summed E-state index contributed by atoms with van der Waals surface area (Å²) >= 11 is 5.80. The van der Waals surface area contributed by atoms with E-state index in [0.717, 1.165) is 22.2 Å². The molecule has 72 valence electrons. The predicted octanol–water partition coefficient (Wildman–Crippen LogP) is 2.44. The van der Waals surface area contributed by atoms with Gasteiger partial charge in [-0.1, -0.05) is 11.6 Å². The summed E-state index contributed by atoms with van der Waals surface area (Å²) in [6.07, 6.45) is 0. The van der Waals surface area contributed by atoms with Crippen LogP contribution in [-0.2, 0) is 7.05 Å². The first kappa shape index (κ1) is 9.21. The number of benzene rings is 1. The van der Waals surface area contributed by atoms with Crippen molar-refractivity contribution in [2.75, 3.05) is 0 Å². The molecule has 0 atom stereocenters. The molecule has 0 amide bonds. The van der Waals surface area contributed by atoms with Gasteiger partial charge in [-0.05, 0) is 31.2 Å². The van der Waals surface area contributed by atoms with Gasteiger partial charge in [-0.3, -0.25) is 0 Å². The number of halogens is 1. The summed E-state index contributed by atoms with van der Waals surface area (Å²) in [5, 5.41) is 8.81. The third kappa shape index (κ3) is 1.51. The molecule has 1 aromatic heterocycles. The molecule has 3 nitrogen and oxygen atoms in total. The van der Waals surface area contributed by atoms with E-state index in [4.69, 9.17) is 11.6 Å². The van der Waals surface area contributed by atoms with Crippen LogP contribution < -0.4 is 0 Å². The molecule has 0 unspecified atom stereocenters. The summed E-state index contributed by atoms with van der Waals surface area (Å²) in [6.45, 7) is 1.92. The van der Waals surface area contributed by atoms with E-state index in [0.29, 0.717) is 0 Å². The molecular formula is C10H10ClN3. The van der Waals surface area contributed by atoms with E-state index in [1.54, 1.807) is 0 Å². The zero-order valence-electron chi connectivity index (χ0n) is 8.03. The lowest BCUT2D eigenvalue weighted by Gasteiger charge is -2.01. The summed E-state index contributed by atoms with van der Waals surface area (Å²) < 4.78 is 1.95. The Morgan fingerprint density at radius 3 is 2.29 bits per heavy atom. The number of aromatic nitrogens is 3. The van der Waals surface area contributed by atoms with Gasteiger partial charge in [0.15, 0.2) is 5.82 Å². The molecule has 4 heteroatoms. The smallest absolute Gasteiger partial charge is 0.163 e. The first-order valence-corrected chi connectivity index (χ1v) is 4.68. The molecule has 1 aromatic carbocycles. The normalized spacial score (nSPS) is 10.5. The summed E-state index contributed by atoms with van der Waals surface area (Å²) in [6, 6.07) is 7.57. The van der Waals surface area contributed by atoms with E-state index in [1.165, 1.54) is 0 Å². The Morgan fingerprint density at radius 2 is 1.79 bits per heavy atom. The molecule has 0 aliphatic carbocycles. The average molecular weight is 208 g/mol. The largest absolute Gasteiger partial charge is 0.314 e. The summed E-state index contributed by atoms with van der Waals surface area (Å²) in [4.78, 5) is 0. The molecule has 0 saturated heterocycles. The molecule has 2 aromatic rings. The van der Waals surface area contributed by atoms with E-state index in [1.807, 2.05) is 42.8 Å². The van der Waals surface area contributed by atoms with E-state index in [-0.39, 0.29) is 0 Å². The highest BCUT2D eigenvalue weighted by Crippen LogP contribution is 2.19. The third-order valence-electron chi connectivity index (χ3n) is 2.19. The lowest BCUT2D eigenvalue weighted by atomic mass is 10.2. The highest BCUT2D eigenvalue weighted by atomic mass is 35.5. The van der Waals surface area contributed by atoms with E-state index >= 15 is 0 Å². The monoisotopic (exact) mass is 207 g/mol. The fourth-order valence-corrected chi connectivity index (χ4v) is 1.38. The first-order valence-electron chi connectivity index (χ1n) is 4.30. The predicted molar refractivity (Wildman–Crippen MR) is 56.2 cm³/mol. The number of aryl methyl sites for hydroxylation is 1. The summed E-state index contributed by atoms with van der Waals surface area (Å²) in [7, 11) is 1.94. The Bertz CT molecular complexity index is 445. The topological polar surface area (TPSA) is 30.7 Å². The Hall–Kier alpha value is -1.35. The zero-order chi connectivity index (χ0) is 10.1. The molecule has 0 fully saturated rings. The van der Waals surface area contributed by atoms with Crippen LogP contribution in [0.2, 0.25) is 5.02 Å². The van der Waals surface area contributed by atoms with Crippen LogP contribution in [0.3, 0.4) is 0 Å². The molecule has 0 N–H and O–H groups in total. The molecular weight excluding hydrogens is 198 g/mol. The molecule has 0 radical (unpaired) electrons. The third-order valence-corrected chi connectivity index (χ3v) is 2.45. The molecule has 14 heavy (non-hydrogen) atoms. The van der Waals surface area contributed by atoms with Gasteiger partial charge in [0, 0.05) is 17.6 Å². The van der Waals surface area contributed by atoms with Crippen molar-refractivity contribution in [3.63, 3.8) is 0 Å². The maximum absolute atomic E-state index is 5.80. The Balaban J connectivity index is 2.49. The Morgan fingerprint density at radius 1 is 1.14 bits per heavy atom. The van der Waals surface area contributed by atoms with Crippen LogP contribution in [0, 0.1) is 6.92 Å². The highest BCUT2D eigenvalue weighted by molar-refractivity contribution is 6.30. The van der Waals surface area contributed by atoms with Crippen LogP contribution in [0.15, 0.2) is 24.3 Å². The first-order chi connectivity index (χ1) is 6.68. The van der Waals surface area contributed by atoms with Gasteiger partial charge >= 0.3 is 0 Å². The fraction of sp³-hybridized carbons (Fsp3) is 0.200. The number of nitrogens with zero attached hydrogens (tertiary/aromatic N) is 3. The van der Waals surface area contributed by atoms with Crippen LogP contribution in [-0.4, -0.2) is 14.8 Å². The lowest BCUT2D eigenvalue weighted by Crippen LogP contribution is -1.94. The molecule has 1 heterocycles. The van der Waals surface area contributed by atoms with Crippen molar-refractivity contribution in [3.8, 4) is 11.4 Å². The SMILES string of the molecule is Cc1nnc(-c2ccc(Cl)cc2)n1C. The van der Waals surface area contributed by atoms with Crippen molar-refractivity contribution in [2.24, 2.45) is 7.05 Å². The Labute approximate surface area is 87.3 Å². The van der Waals surface area contributed by atoms with Crippen molar-refractivity contribution in [2.45, 2.75) is 6.92 Å². The quantitative estimate of drug-likeness (QED) is 0.719. The van der Waals surface area contributed by atoms with Gasteiger partial charge in [0.1, 0.15) is 5.82 Å². The second kappa shape index (κ2) is 3.42. The second-order valence-electron chi connectivity index (χ2n) is 3.14. The lowest BCUT2D eigenvalue weighted by molar-refractivity contribution is 0.865. The standard InChI is InChI=1S/C10H10ClN3/c1-7-12-13-10(14(7)2)8-3-5-9(11)6-4-8/h3-6H,1-2H3. The van der Waals surface area contributed by atoms with Crippen molar-refractivity contribution < 1.29 is 0 Å². The van der Waals surface area contributed by atoms with Gasteiger partial charge in [-0.2, -0.15) is 0 Å². The van der Waals surface area contributed by atoms with Gasteiger partial charge in [-0.15, -0.1) is 10.2 Å².